The molecule has 0 bridgehead atoms. The van der Waals surface area contributed by atoms with E-state index in [9.17, 15) is 18.0 Å². The van der Waals surface area contributed by atoms with Gasteiger partial charge in [0.25, 0.3) is 0 Å². The van der Waals surface area contributed by atoms with E-state index in [-0.39, 0.29) is 5.91 Å². The van der Waals surface area contributed by atoms with Gasteiger partial charge in [-0.05, 0) is 43.7 Å². The number of benzene rings is 1. The van der Waals surface area contributed by atoms with E-state index in [0.29, 0.717) is 12.2 Å². The lowest BCUT2D eigenvalue weighted by Gasteiger charge is -2.26. The molecule has 6 heteroatoms. The van der Waals surface area contributed by atoms with Crippen molar-refractivity contribution >= 4 is 11.6 Å². The predicted octanol–water partition coefficient (Wildman–Crippen LogP) is 3.42. The highest BCUT2D eigenvalue weighted by atomic mass is 19.4. The summed E-state index contributed by atoms with van der Waals surface area (Å²) in [6.07, 6.45) is -1.94. The minimum atomic E-state index is -4.36. The largest absolute Gasteiger partial charge is 0.416 e. The van der Waals surface area contributed by atoms with E-state index in [0.717, 1.165) is 37.9 Å². The number of rotatable bonds is 4. The van der Waals surface area contributed by atoms with Gasteiger partial charge < -0.3 is 10.6 Å². The fourth-order valence-electron chi connectivity index (χ4n) is 2.75. The first kappa shape index (κ1) is 15.8. The third-order valence-corrected chi connectivity index (χ3v) is 3.92. The van der Waals surface area contributed by atoms with Crippen LogP contribution in [0.25, 0.3) is 0 Å². The van der Waals surface area contributed by atoms with E-state index < -0.39 is 17.2 Å². The zero-order chi connectivity index (χ0) is 15.5. The third-order valence-electron chi connectivity index (χ3n) is 3.92. The zero-order valence-electron chi connectivity index (χ0n) is 11.9. The molecule has 2 rings (SSSR count). The number of carbonyl (C=O) groups is 1. The Morgan fingerprint density at radius 3 is 2.48 bits per heavy atom. The smallest absolute Gasteiger partial charge is 0.326 e. The summed E-state index contributed by atoms with van der Waals surface area (Å²) in [4.78, 5) is 12.4. The van der Waals surface area contributed by atoms with Crippen molar-refractivity contribution in [3.05, 3.63) is 29.8 Å². The highest BCUT2D eigenvalue weighted by molar-refractivity contribution is 5.95. The normalized spacial score (nSPS) is 22.3. The molecule has 1 aliphatic heterocycles. The van der Waals surface area contributed by atoms with Gasteiger partial charge in [0.15, 0.2) is 0 Å². The summed E-state index contributed by atoms with van der Waals surface area (Å²) in [6, 6.07) is 4.55. The van der Waals surface area contributed by atoms with Crippen LogP contribution in [0, 0.1) is 5.41 Å². The molecular weight excluding hydrogens is 281 g/mol. The van der Waals surface area contributed by atoms with E-state index >= 15 is 0 Å². The average molecular weight is 300 g/mol. The molecular formula is C15H19F3N2O. The highest BCUT2D eigenvalue weighted by Gasteiger charge is 2.40. The molecule has 21 heavy (non-hydrogen) atoms. The molecule has 116 valence electrons. The maximum absolute atomic E-state index is 12.5. The topological polar surface area (TPSA) is 41.1 Å². The number of carbonyl (C=O) groups excluding carboxylic acids is 1. The number of anilines is 1. The lowest BCUT2D eigenvalue weighted by molar-refractivity contribution is -0.137. The van der Waals surface area contributed by atoms with Crippen LogP contribution in [0.1, 0.15) is 31.7 Å². The van der Waals surface area contributed by atoms with Crippen molar-refractivity contribution in [1.29, 1.82) is 0 Å². The molecule has 1 aromatic rings. The Morgan fingerprint density at radius 1 is 1.33 bits per heavy atom. The van der Waals surface area contributed by atoms with Crippen LogP contribution in [0.4, 0.5) is 18.9 Å². The van der Waals surface area contributed by atoms with Crippen LogP contribution in [0.2, 0.25) is 0 Å². The highest BCUT2D eigenvalue weighted by Crippen LogP contribution is 2.33. The van der Waals surface area contributed by atoms with Crippen LogP contribution in [-0.2, 0) is 11.0 Å². The van der Waals surface area contributed by atoms with Gasteiger partial charge in [-0.3, -0.25) is 4.79 Å². The first-order chi connectivity index (χ1) is 9.87. The summed E-state index contributed by atoms with van der Waals surface area (Å²) >= 11 is 0. The molecule has 1 amide bonds. The minimum absolute atomic E-state index is 0.117. The second-order valence-electron chi connectivity index (χ2n) is 5.49. The van der Waals surface area contributed by atoms with E-state index in [2.05, 4.69) is 10.6 Å². The second-order valence-corrected chi connectivity index (χ2v) is 5.49. The van der Waals surface area contributed by atoms with Crippen LogP contribution in [0.15, 0.2) is 24.3 Å². The summed E-state index contributed by atoms with van der Waals surface area (Å²) in [5.41, 5.74) is -0.765. The molecule has 0 aromatic heterocycles. The molecule has 1 unspecified atom stereocenters. The maximum Gasteiger partial charge on any atom is 0.416 e. The molecule has 0 saturated carbocycles. The van der Waals surface area contributed by atoms with Crippen molar-refractivity contribution in [3.63, 3.8) is 0 Å². The Kier molecular flexibility index (Phi) is 4.56. The van der Waals surface area contributed by atoms with Gasteiger partial charge in [0.2, 0.25) is 5.91 Å². The molecule has 1 atom stereocenters. The Hall–Kier alpha value is -1.56. The lowest BCUT2D eigenvalue weighted by atomic mass is 9.81. The Bertz CT molecular complexity index is 491. The average Bonchev–Trinajstić information content (AvgIpc) is 2.89. The van der Waals surface area contributed by atoms with Gasteiger partial charge in [0.05, 0.1) is 11.0 Å². The summed E-state index contributed by atoms with van der Waals surface area (Å²) < 4.78 is 37.5. The zero-order valence-corrected chi connectivity index (χ0v) is 11.9. The third kappa shape index (κ3) is 3.56. The van der Waals surface area contributed by atoms with Gasteiger partial charge in [-0.1, -0.05) is 13.3 Å². The molecule has 0 aliphatic carbocycles. The number of alkyl halides is 3. The number of hydrogen-bond donors (Lipinski definition) is 2. The van der Waals surface area contributed by atoms with E-state index in [4.69, 9.17) is 0 Å². The van der Waals surface area contributed by atoms with Gasteiger partial charge >= 0.3 is 6.18 Å². The van der Waals surface area contributed by atoms with Gasteiger partial charge in [-0.2, -0.15) is 13.2 Å². The minimum Gasteiger partial charge on any atom is -0.326 e. The van der Waals surface area contributed by atoms with Gasteiger partial charge in [0.1, 0.15) is 0 Å². The van der Waals surface area contributed by atoms with Crippen LogP contribution >= 0.6 is 0 Å². The molecule has 1 heterocycles. The van der Waals surface area contributed by atoms with Crippen molar-refractivity contribution in [2.75, 3.05) is 18.4 Å². The fraction of sp³-hybridized carbons (Fsp3) is 0.533. The lowest BCUT2D eigenvalue weighted by Crippen LogP contribution is -2.38. The Morgan fingerprint density at radius 2 is 2.00 bits per heavy atom. The second kappa shape index (κ2) is 6.05. The molecule has 0 spiro atoms. The quantitative estimate of drug-likeness (QED) is 0.894. The first-order valence-corrected chi connectivity index (χ1v) is 7.07. The Labute approximate surface area is 121 Å². The van der Waals surface area contributed by atoms with Crippen LogP contribution < -0.4 is 10.6 Å². The summed E-state index contributed by atoms with van der Waals surface area (Å²) in [5.74, 6) is -0.117. The number of amides is 1. The molecule has 1 fully saturated rings. The van der Waals surface area contributed by atoms with Gasteiger partial charge in [0, 0.05) is 12.2 Å². The summed E-state index contributed by atoms with van der Waals surface area (Å²) in [7, 11) is 0. The predicted molar refractivity (Wildman–Crippen MR) is 74.9 cm³/mol. The number of halogens is 3. The Balaban J connectivity index is 2.08. The molecule has 0 radical (unpaired) electrons. The molecule has 1 aromatic carbocycles. The van der Waals surface area contributed by atoms with Crippen molar-refractivity contribution in [2.24, 2.45) is 5.41 Å². The van der Waals surface area contributed by atoms with Crippen molar-refractivity contribution in [1.82, 2.24) is 5.32 Å². The van der Waals surface area contributed by atoms with Crippen molar-refractivity contribution < 1.29 is 18.0 Å². The van der Waals surface area contributed by atoms with Gasteiger partial charge in [-0.15, -0.1) is 0 Å². The van der Waals surface area contributed by atoms with Crippen molar-refractivity contribution in [3.8, 4) is 0 Å². The standard InChI is InChI=1S/C15H19F3N2O/c1-2-7-14(8-9-19-10-14)13(21)20-12-5-3-11(4-6-12)15(16,17)18/h3-6,19H,2,7-10H2,1H3,(H,20,21). The van der Waals surface area contributed by atoms with E-state index in [1.54, 1.807) is 0 Å². The van der Waals surface area contributed by atoms with Crippen LogP contribution in [0.5, 0.6) is 0 Å². The first-order valence-electron chi connectivity index (χ1n) is 7.07. The van der Waals surface area contributed by atoms with E-state index in [1.165, 1.54) is 12.1 Å². The number of nitrogens with one attached hydrogen (secondary N) is 2. The van der Waals surface area contributed by atoms with Crippen LogP contribution in [0.3, 0.4) is 0 Å². The van der Waals surface area contributed by atoms with Crippen molar-refractivity contribution in [2.45, 2.75) is 32.4 Å². The van der Waals surface area contributed by atoms with Crippen LogP contribution in [-0.4, -0.2) is 19.0 Å². The monoisotopic (exact) mass is 300 g/mol. The molecule has 1 saturated heterocycles. The van der Waals surface area contributed by atoms with E-state index in [1.807, 2.05) is 6.92 Å². The summed E-state index contributed by atoms with van der Waals surface area (Å²) in [6.45, 7) is 3.43. The fourth-order valence-corrected chi connectivity index (χ4v) is 2.75. The molecule has 1 aliphatic rings. The maximum atomic E-state index is 12.5. The molecule has 2 N–H and O–H groups in total. The SMILES string of the molecule is CCCC1(C(=O)Nc2ccc(C(F)(F)F)cc2)CCNC1. The molecule has 3 nitrogen and oxygen atoms in total. The number of hydrogen-bond acceptors (Lipinski definition) is 2. The summed E-state index contributed by atoms with van der Waals surface area (Å²) in [5, 5.41) is 5.93. The van der Waals surface area contributed by atoms with Gasteiger partial charge in [-0.25, -0.2) is 0 Å².